The third kappa shape index (κ3) is 5.65. The van der Waals surface area contributed by atoms with Gasteiger partial charge in [0.15, 0.2) is 5.69 Å². The Hall–Kier alpha value is -3.19. The molecule has 1 heterocycles. The van der Waals surface area contributed by atoms with E-state index in [9.17, 15) is 4.79 Å². The Balaban J connectivity index is 1.53. The molecule has 3 rings (SSSR count). The average Bonchev–Trinajstić information content (AvgIpc) is 3.16. The number of nitrogens with one attached hydrogen (secondary N) is 1. The zero-order valence-electron chi connectivity index (χ0n) is 15.2. The number of methoxy groups -OCH3 is 1. The van der Waals surface area contributed by atoms with Crippen molar-refractivity contribution in [3.63, 3.8) is 0 Å². The number of carbonyl (C=O) groups is 1. The fourth-order valence-corrected chi connectivity index (χ4v) is 2.51. The van der Waals surface area contributed by atoms with Crippen LogP contribution in [0.5, 0.6) is 5.75 Å². The Kier molecular flexibility index (Phi) is 6.54. The maximum Gasteiger partial charge on any atom is 0.273 e. The van der Waals surface area contributed by atoms with Crippen LogP contribution in [0.1, 0.15) is 21.6 Å². The Labute approximate surface area is 157 Å². The van der Waals surface area contributed by atoms with Gasteiger partial charge in [-0.1, -0.05) is 47.7 Å². The van der Waals surface area contributed by atoms with Gasteiger partial charge >= 0.3 is 0 Å². The molecule has 0 radical (unpaired) electrons. The van der Waals surface area contributed by atoms with Crippen LogP contribution in [-0.4, -0.2) is 41.2 Å². The minimum Gasteiger partial charge on any atom is -0.491 e. The number of amides is 1. The molecule has 0 unspecified atom stereocenters. The lowest BCUT2D eigenvalue weighted by Gasteiger charge is -2.08. The van der Waals surface area contributed by atoms with Gasteiger partial charge in [0.2, 0.25) is 0 Å². The summed E-state index contributed by atoms with van der Waals surface area (Å²) in [6.07, 6.45) is 1.65. The lowest BCUT2D eigenvalue weighted by atomic mass is 10.2. The molecule has 0 aliphatic heterocycles. The number of rotatable bonds is 9. The number of ether oxygens (including phenoxy) is 2. The molecular formula is C20H22N4O3. The third-order valence-corrected chi connectivity index (χ3v) is 3.87. The molecule has 2 aromatic carbocycles. The molecule has 3 aromatic rings. The molecular weight excluding hydrogens is 344 g/mol. The normalized spacial score (nSPS) is 10.6. The molecule has 0 fully saturated rings. The van der Waals surface area contributed by atoms with Crippen molar-refractivity contribution in [1.82, 2.24) is 20.3 Å². The van der Waals surface area contributed by atoms with Crippen molar-refractivity contribution < 1.29 is 14.3 Å². The summed E-state index contributed by atoms with van der Waals surface area (Å²) < 4.78 is 12.2. The van der Waals surface area contributed by atoms with Crippen molar-refractivity contribution in [2.45, 2.75) is 13.1 Å². The molecule has 1 N–H and O–H groups in total. The molecule has 140 valence electrons. The fraction of sp³-hybridized carbons (Fsp3) is 0.250. The SMILES string of the molecule is COCCOc1cccc(CNC(=O)c2cn(Cc3ccccc3)nn2)c1. The molecule has 1 amide bonds. The zero-order chi connectivity index (χ0) is 18.9. The van der Waals surface area contributed by atoms with Crippen molar-refractivity contribution in [3.05, 3.63) is 77.6 Å². The third-order valence-electron chi connectivity index (χ3n) is 3.87. The van der Waals surface area contributed by atoms with Crippen LogP contribution in [-0.2, 0) is 17.8 Å². The first-order chi connectivity index (χ1) is 13.2. The highest BCUT2D eigenvalue weighted by Gasteiger charge is 2.11. The predicted molar refractivity (Wildman–Crippen MR) is 101 cm³/mol. The van der Waals surface area contributed by atoms with E-state index in [0.717, 1.165) is 16.9 Å². The number of benzene rings is 2. The largest absolute Gasteiger partial charge is 0.491 e. The summed E-state index contributed by atoms with van der Waals surface area (Å²) in [6, 6.07) is 17.5. The maximum atomic E-state index is 12.3. The van der Waals surface area contributed by atoms with E-state index in [1.807, 2.05) is 54.6 Å². The van der Waals surface area contributed by atoms with Gasteiger partial charge < -0.3 is 14.8 Å². The molecule has 7 heteroatoms. The number of carbonyl (C=O) groups excluding carboxylic acids is 1. The van der Waals surface area contributed by atoms with Crippen LogP contribution >= 0.6 is 0 Å². The second-order valence-electron chi connectivity index (χ2n) is 5.96. The first kappa shape index (κ1) is 18.6. The van der Waals surface area contributed by atoms with Crippen molar-refractivity contribution in [2.24, 2.45) is 0 Å². The van der Waals surface area contributed by atoms with E-state index in [4.69, 9.17) is 9.47 Å². The Morgan fingerprint density at radius 2 is 1.89 bits per heavy atom. The van der Waals surface area contributed by atoms with Crippen LogP contribution in [0.25, 0.3) is 0 Å². The minimum absolute atomic E-state index is 0.264. The Morgan fingerprint density at radius 3 is 2.70 bits per heavy atom. The van der Waals surface area contributed by atoms with Crippen molar-refractivity contribution >= 4 is 5.91 Å². The smallest absolute Gasteiger partial charge is 0.273 e. The lowest BCUT2D eigenvalue weighted by molar-refractivity contribution is 0.0945. The quantitative estimate of drug-likeness (QED) is 0.588. The highest BCUT2D eigenvalue weighted by molar-refractivity contribution is 5.91. The molecule has 1 aromatic heterocycles. The van der Waals surface area contributed by atoms with Gasteiger partial charge in [-0.15, -0.1) is 5.10 Å². The Morgan fingerprint density at radius 1 is 1.07 bits per heavy atom. The molecule has 0 spiro atoms. The fourth-order valence-electron chi connectivity index (χ4n) is 2.51. The van der Waals surface area contributed by atoms with Gasteiger partial charge in [-0.2, -0.15) is 0 Å². The summed E-state index contributed by atoms with van der Waals surface area (Å²) in [7, 11) is 1.63. The van der Waals surface area contributed by atoms with Crippen molar-refractivity contribution in [3.8, 4) is 5.75 Å². The van der Waals surface area contributed by atoms with E-state index >= 15 is 0 Å². The van der Waals surface area contributed by atoms with E-state index in [2.05, 4.69) is 15.6 Å². The predicted octanol–water partition coefficient (Wildman–Crippen LogP) is 2.28. The second-order valence-corrected chi connectivity index (χ2v) is 5.96. The van der Waals surface area contributed by atoms with E-state index in [1.54, 1.807) is 18.0 Å². The highest BCUT2D eigenvalue weighted by atomic mass is 16.5. The van der Waals surface area contributed by atoms with Gasteiger partial charge in [-0.3, -0.25) is 4.79 Å². The molecule has 27 heavy (non-hydrogen) atoms. The molecule has 7 nitrogen and oxygen atoms in total. The summed E-state index contributed by atoms with van der Waals surface area (Å²) in [4.78, 5) is 12.3. The summed E-state index contributed by atoms with van der Waals surface area (Å²) in [5.41, 5.74) is 2.33. The average molecular weight is 366 g/mol. The Bertz CT molecular complexity index is 864. The summed E-state index contributed by atoms with van der Waals surface area (Å²) in [6.45, 7) is 1.96. The van der Waals surface area contributed by atoms with Crippen LogP contribution in [0.15, 0.2) is 60.8 Å². The van der Waals surface area contributed by atoms with Crippen molar-refractivity contribution in [2.75, 3.05) is 20.3 Å². The summed E-state index contributed by atoms with van der Waals surface area (Å²) in [5, 5.41) is 10.8. The zero-order valence-corrected chi connectivity index (χ0v) is 15.2. The minimum atomic E-state index is -0.264. The number of hydrogen-bond donors (Lipinski definition) is 1. The van der Waals surface area contributed by atoms with E-state index < -0.39 is 0 Å². The molecule has 0 aliphatic rings. The van der Waals surface area contributed by atoms with E-state index in [0.29, 0.717) is 32.0 Å². The van der Waals surface area contributed by atoms with Crippen molar-refractivity contribution in [1.29, 1.82) is 0 Å². The monoisotopic (exact) mass is 366 g/mol. The summed E-state index contributed by atoms with van der Waals surface area (Å²) >= 11 is 0. The number of nitrogens with zero attached hydrogens (tertiary/aromatic N) is 3. The first-order valence-electron chi connectivity index (χ1n) is 8.67. The molecule has 0 saturated carbocycles. The number of aromatic nitrogens is 3. The number of hydrogen-bond acceptors (Lipinski definition) is 5. The van der Waals surface area contributed by atoms with Gasteiger partial charge in [-0.05, 0) is 23.3 Å². The second kappa shape index (κ2) is 9.49. The van der Waals surface area contributed by atoms with Crippen LogP contribution in [0.3, 0.4) is 0 Å². The first-order valence-corrected chi connectivity index (χ1v) is 8.67. The molecule has 0 aliphatic carbocycles. The van der Waals surface area contributed by atoms with Crippen LogP contribution in [0.2, 0.25) is 0 Å². The highest BCUT2D eigenvalue weighted by Crippen LogP contribution is 2.13. The van der Waals surface area contributed by atoms with Gasteiger partial charge in [0.1, 0.15) is 12.4 Å². The van der Waals surface area contributed by atoms with Gasteiger partial charge in [0.05, 0.1) is 19.3 Å². The molecule has 0 saturated heterocycles. The molecule has 0 bridgehead atoms. The van der Waals surface area contributed by atoms with Gasteiger partial charge in [0, 0.05) is 13.7 Å². The van der Waals surface area contributed by atoms with Gasteiger partial charge in [-0.25, -0.2) is 4.68 Å². The summed E-state index contributed by atoms with van der Waals surface area (Å²) in [5.74, 6) is 0.479. The lowest BCUT2D eigenvalue weighted by Crippen LogP contribution is -2.23. The van der Waals surface area contributed by atoms with Crippen LogP contribution in [0, 0.1) is 0 Å². The molecule has 0 atom stereocenters. The van der Waals surface area contributed by atoms with E-state index in [1.165, 1.54) is 0 Å². The maximum absolute atomic E-state index is 12.3. The van der Waals surface area contributed by atoms with Crippen LogP contribution in [0.4, 0.5) is 0 Å². The van der Waals surface area contributed by atoms with E-state index in [-0.39, 0.29) is 5.91 Å². The topological polar surface area (TPSA) is 78.3 Å². The standard InChI is InChI=1S/C20H22N4O3/c1-26-10-11-27-18-9-5-8-17(12-18)13-21-20(25)19-15-24(23-22-19)14-16-6-3-2-4-7-16/h2-9,12,15H,10-11,13-14H2,1H3,(H,21,25). The van der Waals surface area contributed by atoms with Gasteiger partial charge in [0.25, 0.3) is 5.91 Å². The van der Waals surface area contributed by atoms with Crippen LogP contribution < -0.4 is 10.1 Å².